The number of hydrogen-bond acceptors (Lipinski definition) is 2. The van der Waals surface area contributed by atoms with Crippen LogP contribution in [-0.2, 0) is 0 Å². The molecule has 0 aliphatic carbocycles. The van der Waals surface area contributed by atoms with Gasteiger partial charge in [-0.3, -0.25) is 11.3 Å². The molecular weight excluding hydrogens is 312 g/mol. The van der Waals surface area contributed by atoms with Gasteiger partial charge in [-0.15, -0.1) is 0 Å². The maximum Gasteiger partial charge on any atom is 0.0460 e. The first kappa shape index (κ1) is 17.7. The summed E-state index contributed by atoms with van der Waals surface area (Å²) in [6.45, 7) is 2.27. The summed E-state index contributed by atoms with van der Waals surface area (Å²) in [5.41, 5.74) is 4.22. The Labute approximate surface area is 132 Å². The second kappa shape index (κ2) is 11.3. The summed E-state index contributed by atoms with van der Waals surface area (Å²) in [6.07, 6.45) is 12.0. The van der Waals surface area contributed by atoms with Gasteiger partial charge in [-0.2, -0.15) is 0 Å². The Bertz CT molecular complexity index is 337. The van der Waals surface area contributed by atoms with Crippen molar-refractivity contribution in [1.29, 1.82) is 0 Å². The zero-order valence-electron chi connectivity index (χ0n) is 12.7. The van der Waals surface area contributed by atoms with E-state index < -0.39 is 0 Å². The van der Waals surface area contributed by atoms with Gasteiger partial charge in [0.05, 0.1) is 0 Å². The molecule has 3 N–H and O–H groups in total. The summed E-state index contributed by atoms with van der Waals surface area (Å²) in [5.74, 6) is 5.68. The zero-order valence-corrected chi connectivity index (χ0v) is 14.3. The highest BCUT2D eigenvalue weighted by molar-refractivity contribution is 9.10. The molecule has 0 amide bonds. The topological polar surface area (TPSA) is 38.0 Å². The lowest BCUT2D eigenvalue weighted by Gasteiger charge is -2.16. The van der Waals surface area contributed by atoms with Crippen molar-refractivity contribution >= 4 is 15.9 Å². The Morgan fingerprint density at radius 3 is 2.05 bits per heavy atom. The molecule has 0 aliphatic heterocycles. The van der Waals surface area contributed by atoms with Gasteiger partial charge in [0.1, 0.15) is 0 Å². The molecule has 1 aromatic rings. The number of nitrogens with two attached hydrogens (primary N) is 1. The SMILES string of the molecule is CCCCCCCCCCC(NN)c1ccc(Br)cc1. The van der Waals surface area contributed by atoms with Crippen molar-refractivity contribution in [2.45, 2.75) is 70.8 Å². The highest BCUT2D eigenvalue weighted by Crippen LogP contribution is 2.21. The summed E-state index contributed by atoms with van der Waals surface area (Å²) < 4.78 is 1.11. The van der Waals surface area contributed by atoms with Crippen LogP contribution in [0.4, 0.5) is 0 Å². The van der Waals surface area contributed by atoms with Gasteiger partial charge >= 0.3 is 0 Å². The lowest BCUT2D eigenvalue weighted by atomic mass is 10.00. The first-order chi connectivity index (χ1) is 9.77. The Kier molecular flexibility index (Phi) is 9.98. The fraction of sp³-hybridized carbons (Fsp3) is 0.647. The van der Waals surface area contributed by atoms with Crippen LogP contribution in [-0.4, -0.2) is 0 Å². The van der Waals surface area contributed by atoms with Gasteiger partial charge in [0, 0.05) is 10.5 Å². The van der Waals surface area contributed by atoms with E-state index in [0.717, 1.165) is 10.9 Å². The molecule has 0 radical (unpaired) electrons. The second-order valence-corrected chi connectivity index (χ2v) is 6.45. The van der Waals surface area contributed by atoms with Crippen molar-refractivity contribution in [3.8, 4) is 0 Å². The number of rotatable bonds is 11. The molecule has 0 aromatic heterocycles. The summed E-state index contributed by atoms with van der Waals surface area (Å²) in [7, 11) is 0. The summed E-state index contributed by atoms with van der Waals surface area (Å²) in [5, 5.41) is 0. The minimum Gasteiger partial charge on any atom is -0.271 e. The van der Waals surface area contributed by atoms with Crippen LogP contribution in [0, 0.1) is 0 Å². The van der Waals surface area contributed by atoms with Gasteiger partial charge in [0.25, 0.3) is 0 Å². The Morgan fingerprint density at radius 1 is 0.950 bits per heavy atom. The molecule has 3 heteroatoms. The van der Waals surface area contributed by atoms with Crippen LogP contribution in [0.15, 0.2) is 28.7 Å². The van der Waals surface area contributed by atoms with E-state index in [1.165, 1.54) is 56.9 Å². The van der Waals surface area contributed by atoms with Crippen molar-refractivity contribution < 1.29 is 0 Å². The molecule has 0 saturated heterocycles. The average Bonchev–Trinajstić information content (AvgIpc) is 2.47. The average molecular weight is 341 g/mol. The first-order valence-corrected chi connectivity index (χ1v) is 8.78. The molecule has 1 aromatic carbocycles. The summed E-state index contributed by atoms with van der Waals surface area (Å²) >= 11 is 3.46. The number of hydrazine groups is 1. The van der Waals surface area contributed by atoms with Crippen molar-refractivity contribution in [1.82, 2.24) is 5.43 Å². The molecule has 0 saturated carbocycles. The maximum atomic E-state index is 5.68. The van der Waals surface area contributed by atoms with E-state index in [1.54, 1.807) is 0 Å². The number of hydrogen-bond donors (Lipinski definition) is 2. The van der Waals surface area contributed by atoms with Crippen LogP contribution in [0.2, 0.25) is 0 Å². The number of unbranched alkanes of at least 4 members (excludes halogenated alkanes) is 7. The van der Waals surface area contributed by atoms with Gasteiger partial charge in [-0.1, -0.05) is 86.4 Å². The molecule has 1 unspecified atom stereocenters. The molecule has 0 heterocycles. The molecular formula is C17H29BrN2. The Morgan fingerprint density at radius 2 is 1.50 bits per heavy atom. The van der Waals surface area contributed by atoms with Crippen LogP contribution in [0.5, 0.6) is 0 Å². The van der Waals surface area contributed by atoms with Gasteiger partial charge < -0.3 is 0 Å². The standard InChI is InChI=1S/C17H29BrN2/c1-2-3-4-5-6-7-8-9-10-17(20-19)15-11-13-16(18)14-12-15/h11-14,17,20H,2-10,19H2,1H3. The fourth-order valence-electron chi connectivity index (χ4n) is 2.52. The minimum absolute atomic E-state index is 0.281. The molecule has 0 fully saturated rings. The summed E-state index contributed by atoms with van der Waals surface area (Å²) in [6, 6.07) is 8.71. The molecule has 0 aliphatic rings. The highest BCUT2D eigenvalue weighted by atomic mass is 79.9. The summed E-state index contributed by atoms with van der Waals surface area (Å²) in [4.78, 5) is 0. The fourth-order valence-corrected chi connectivity index (χ4v) is 2.79. The quantitative estimate of drug-likeness (QED) is 0.317. The van der Waals surface area contributed by atoms with Crippen molar-refractivity contribution in [2.24, 2.45) is 5.84 Å². The van der Waals surface area contributed by atoms with Crippen LogP contribution in [0.1, 0.15) is 76.3 Å². The van der Waals surface area contributed by atoms with Crippen LogP contribution >= 0.6 is 15.9 Å². The first-order valence-electron chi connectivity index (χ1n) is 7.99. The highest BCUT2D eigenvalue weighted by Gasteiger charge is 2.08. The van der Waals surface area contributed by atoms with E-state index in [0.29, 0.717) is 0 Å². The van der Waals surface area contributed by atoms with Gasteiger partial charge in [-0.25, -0.2) is 0 Å². The predicted molar refractivity (Wildman–Crippen MR) is 91.4 cm³/mol. The van der Waals surface area contributed by atoms with Gasteiger partial charge in [0.2, 0.25) is 0 Å². The van der Waals surface area contributed by atoms with Crippen LogP contribution in [0.3, 0.4) is 0 Å². The third-order valence-corrected chi connectivity index (χ3v) is 4.35. The van der Waals surface area contributed by atoms with E-state index in [4.69, 9.17) is 5.84 Å². The normalized spacial score (nSPS) is 12.6. The van der Waals surface area contributed by atoms with Gasteiger partial charge in [0.15, 0.2) is 0 Å². The van der Waals surface area contributed by atoms with E-state index in [9.17, 15) is 0 Å². The lowest BCUT2D eigenvalue weighted by Crippen LogP contribution is -2.27. The monoisotopic (exact) mass is 340 g/mol. The lowest BCUT2D eigenvalue weighted by molar-refractivity contribution is 0.475. The molecule has 20 heavy (non-hydrogen) atoms. The molecule has 114 valence electrons. The maximum absolute atomic E-state index is 5.68. The molecule has 1 atom stereocenters. The van der Waals surface area contributed by atoms with E-state index >= 15 is 0 Å². The van der Waals surface area contributed by atoms with Crippen LogP contribution < -0.4 is 11.3 Å². The minimum atomic E-state index is 0.281. The number of nitrogens with one attached hydrogen (secondary N) is 1. The van der Waals surface area contributed by atoms with Crippen molar-refractivity contribution in [2.75, 3.05) is 0 Å². The molecule has 2 nitrogen and oxygen atoms in total. The van der Waals surface area contributed by atoms with E-state index in [-0.39, 0.29) is 6.04 Å². The molecule has 0 spiro atoms. The number of halogens is 1. The third kappa shape index (κ3) is 7.41. The third-order valence-electron chi connectivity index (χ3n) is 3.82. The van der Waals surface area contributed by atoms with Gasteiger partial charge in [-0.05, 0) is 24.1 Å². The number of benzene rings is 1. The largest absolute Gasteiger partial charge is 0.271 e. The Balaban J connectivity index is 2.14. The van der Waals surface area contributed by atoms with Crippen LogP contribution in [0.25, 0.3) is 0 Å². The second-order valence-electron chi connectivity index (χ2n) is 5.53. The zero-order chi connectivity index (χ0) is 14.6. The van der Waals surface area contributed by atoms with E-state index in [2.05, 4.69) is 52.5 Å². The Hall–Kier alpha value is -0.380. The van der Waals surface area contributed by atoms with E-state index in [1.807, 2.05) is 0 Å². The predicted octanol–water partition coefficient (Wildman–Crippen LogP) is 5.48. The molecule has 1 rings (SSSR count). The smallest absolute Gasteiger partial charge is 0.0460 e. The molecule has 0 bridgehead atoms. The van der Waals surface area contributed by atoms with Crippen molar-refractivity contribution in [3.63, 3.8) is 0 Å². The van der Waals surface area contributed by atoms with Crippen molar-refractivity contribution in [3.05, 3.63) is 34.3 Å².